The summed E-state index contributed by atoms with van der Waals surface area (Å²) in [6.07, 6.45) is 4.59. The van der Waals surface area contributed by atoms with Gasteiger partial charge in [0.25, 0.3) is 0 Å². The highest BCUT2D eigenvalue weighted by atomic mass is 16.4. The highest BCUT2D eigenvalue weighted by Gasteiger charge is 2.25. The zero-order valence-corrected chi connectivity index (χ0v) is 10.1. The molecule has 92 valence electrons. The first-order valence-corrected chi connectivity index (χ1v) is 6.20. The Morgan fingerprint density at radius 3 is 2.76 bits per heavy atom. The maximum absolute atomic E-state index is 11.0. The average Bonchev–Trinajstić information content (AvgIpc) is 2.36. The molecule has 1 aliphatic carbocycles. The minimum absolute atomic E-state index is 0.124. The van der Waals surface area contributed by atoms with E-state index in [0.717, 1.165) is 18.4 Å². The van der Waals surface area contributed by atoms with Crippen LogP contribution in [0.25, 0.3) is 0 Å². The van der Waals surface area contributed by atoms with Gasteiger partial charge in [-0.15, -0.1) is 0 Å². The van der Waals surface area contributed by atoms with Crippen molar-refractivity contribution >= 4 is 5.97 Å². The monoisotopic (exact) mass is 233 g/mol. The number of aliphatic carboxylic acids is 1. The molecular formula is C14H19NO2. The lowest BCUT2D eigenvalue weighted by Gasteiger charge is -2.24. The molecule has 0 bridgehead atoms. The standard InChI is InChI=1S/C14H19NO2/c1-9(13(15)14(16)17)11-8-4-6-10-5-2-3-7-12(10)11/h4,6,8-9,13H,2-3,5,7,15H2,1H3,(H,16,17). The Kier molecular flexibility index (Phi) is 3.48. The van der Waals surface area contributed by atoms with Crippen LogP contribution >= 0.6 is 0 Å². The van der Waals surface area contributed by atoms with E-state index in [1.165, 1.54) is 24.0 Å². The van der Waals surface area contributed by atoms with Crippen molar-refractivity contribution in [2.45, 2.75) is 44.6 Å². The number of carbonyl (C=O) groups is 1. The van der Waals surface area contributed by atoms with Crippen molar-refractivity contribution in [1.29, 1.82) is 0 Å². The second-order valence-electron chi connectivity index (χ2n) is 4.84. The predicted molar refractivity (Wildman–Crippen MR) is 67.1 cm³/mol. The van der Waals surface area contributed by atoms with Crippen molar-refractivity contribution in [1.82, 2.24) is 0 Å². The largest absolute Gasteiger partial charge is 0.480 e. The van der Waals surface area contributed by atoms with Crippen LogP contribution in [0.2, 0.25) is 0 Å². The third-order valence-corrected chi connectivity index (χ3v) is 3.75. The highest BCUT2D eigenvalue weighted by Crippen LogP contribution is 2.30. The number of nitrogens with two attached hydrogens (primary N) is 1. The maximum atomic E-state index is 11.0. The van der Waals surface area contributed by atoms with E-state index >= 15 is 0 Å². The smallest absolute Gasteiger partial charge is 0.321 e. The average molecular weight is 233 g/mol. The lowest BCUT2D eigenvalue weighted by Crippen LogP contribution is -2.35. The first-order valence-electron chi connectivity index (χ1n) is 6.20. The first-order chi connectivity index (χ1) is 8.11. The summed E-state index contributed by atoms with van der Waals surface area (Å²) in [7, 11) is 0. The predicted octanol–water partition coefficient (Wildman–Crippen LogP) is 2.08. The Labute approximate surface area is 102 Å². The van der Waals surface area contributed by atoms with E-state index in [0.29, 0.717) is 0 Å². The quantitative estimate of drug-likeness (QED) is 0.840. The fourth-order valence-electron chi connectivity index (χ4n) is 2.64. The number of rotatable bonds is 3. The Bertz CT molecular complexity index is 428. The van der Waals surface area contributed by atoms with E-state index in [2.05, 4.69) is 6.07 Å². The molecule has 0 spiro atoms. The maximum Gasteiger partial charge on any atom is 0.321 e. The van der Waals surface area contributed by atoms with Crippen LogP contribution in [0.15, 0.2) is 18.2 Å². The van der Waals surface area contributed by atoms with Gasteiger partial charge in [-0.25, -0.2) is 0 Å². The van der Waals surface area contributed by atoms with E-state index in [1.807, 2.05) is 19.1 Å². The summed E-state index contributed by atoms with van der Waals surface area (Å²) in [6.45, 7) is 1.91. The van der Waals surface area contributed by atoms with Gasteiger partial charge in [0.2, 0.25) is 0 Å². The molecule has 0 heterocycles. The van der Waals surface area contributed by atoms with E-state index in [4.69, 9.17) is 10.8 Å². The number of hydrogen-bond donors (Lipinski definition) is 2. The van der Waals surface area contributed by atoms with Crippen molar-refractivity contribution in [2.24, 2.45) is 5.73 Å². The zero-order valence-electron chi connectivity index (χ0n) is 10.1. The van der Waals surface area contributed by atoms with Gasteiger partial charge in [-0.2, -0.15) is 0 Å². The Hall–Kier alpha value is -1.35. The molecule has 0 fully saturated rings. The van der Waals surface area contributed by atoms with Gasteiger partial charge in [0.15, 0.2) is 0 Å². The first kappa shape index (κ1) is 12.1. The molecule has 17 heavy (non-hydrogen) atoms. The van der Waals surface area contributed by atoms with Crippen LogP contribution in [0.3, 0.4) is 0 Å². The van der Waals surface area contributed by atoms with Crippen LogP contribution in [0.1, 0.15) is 42.4 Å². The summed E-state index contributed by atoms with van der Waals surface area (Å²) in [5.41, 5.74) is 9.56. The molecular weight excluding hydrogens is 214 g/mol. The van der Waals surface area contributed by atoms with E-state index in [-0.39, 0.29) is 5.92 Å². The third kappa shape index (κ3) is 2.34. The van der Waals surface area contributed by atoms with Crippen molar-refractivity contribution in [3.63, 3.8) is 0 Å². The van der Waals surface area contributed by atoms with Crippen molar-refractivity contribution in [2.75, 3.05) is 0 Å². The number of hydrogen-bond acceptors (Lipinski definition) is 2. The fraction of sp³-hybridized carbons (Fsp3) is 0.500. The SMILES string of the molecule is CC(c1cccc2c1CCCC2)C(N)C(=O)O. The molecule has 1 aromatic carbocycles. The van der Waals surface area contributed by atoms with E-state index in [1.54, 1.807) is 0 Å². The Morgan fingerprint density at radius 2 is 2.06 bits per heavy atom. The molecule has 1 aromatic rings. The molecule has 0 amide bonds. The minimum atomic E-state index is -0.925. The topological polar surface area (TPSA) is 63.3 Å². The second kappa shape index (κ2) is 4.88. The van der Waals surface area contributed by atoms with Crippen LogP contribution in [0.5, 0.6) is 0 Å². The van der Waals surface area contributed by atoms with Crippen LogP contribution in [0.4, 0.5) is 0 Å². The Balaban J connectivity index is 2.35. The van der Waals surface area contributed by atoms with Crippen LogP contribution in [0, 0.1) is 0 Å². The lowest BCUT2D eigenvalue weighted by atomic mass is 9.82. The van der Waals surface area contributed by atoms with Gasteiger partial charge in [0.1, 0.15) is 6.04 Å². The van der Waals surface area contributed by atoms with Gasteiger partial charge in [-0.3, -0.25) is 4.79 Å². The normalized spacial score (nSPS) is 18.2. The number of aryl methyl sites for hydroxylation is 1. The number of carboxylic acids is 1. The van der Waals surface area contributed by atoms with Gasteiger partial charge in [0, 0.05) is 5.92 Å². The summed E-state index contributed by atoms with van der Waals surface area (Å²) < 4.78 is 0. The van der Waals surface area contributed by atoms with E-state index in [9.17, 15) is 4.79 Å². The molecule has 3 N–H and O–H groups in total. The number of fused-ring (bicyclic) bond motifs is 1. The van der Waals surface area contributed by atoms with Crippen molar-refractivity contribution in [3.05, 3.63) is 34.9 Å². The van der Waals surface area contributed by atoms with Crippen LogP contribution in [-0.2, 0) is 17.6 Å². The highest BCUT2D eigenvalue weighted by molar-refractivity contribution is 5.74. The molecule has 0 saturated heterocycles. The summed E-state index contributed by atoms with van der Waals surface area (Å²) in [4.78, 5) is 11.0. The molecule has 0 radical (unpaired) electrons. The molecule has 3 nitrogen and oxygen atoms in total. The third-order valence-electron chi connectivity index (χ3n) is 3.75. The Morgan fingerprint density at radius 1 is 1.35 bits per heavy atom. The minimum Gasteiger partial charge on any atom is -0.480 e. The number of benzene rings is 1. The summed E-state index contributed by atoms with van der Waals surface area (Å²) in [5.74, 6) is -1.05. The van der Waals surface area contributed by atoms with Gasteiger partial charge in [0.05, 0.1) is 0 Å². The summed E-state index contributed by atoms with van der Waals surface area (Å²) in [6, 6.07) is 5.38. The van der Waals surface area contributed by atoms with Gasteiger partial charge in [-0.05, 0) is 42.4 Å². The molecule has 0 aromatic heterocycles. The molecule has 0 saturated carbocycles. The molecule has 3 heteroatoms. The molecule has 0 aliphatic heterocycles. The van der Waals surface area contributed by atoms with Gasteiger partial charge < -0.3 is 10.8 Å². The zero-order chi connectivity index (χ0) is 12.4. The molecule has 2 rings (SSSR count). The van der Waals surface area contributed by atoms with Crippen LogP contribution < -0.4 is 5.73 Å². The lowest BCUT2D eigenvalue weighted by molar-refractivity contribution is -0.139. The molecule has 1 aliphatic rings. The van der Waals surface area contributed by atoms with Gasteiger partial charge in [-0.1, -0.05) is 25.1 Å². The second-order valence-corrected chi connectivity index (χ2v) is 4.84. The van der Waals surface area contributed by atoms with Crippen LogP contribution in [-0.4, -0.2) is 17.1 Å². The molecule has 2 unspecified atom stereocenters. The fourth-order valence-corrected chi connectivity index (χ4v) is 2.64. The molecule has 2 atom stereocenters. The summed E-state index contributed by atoms with van der Waals surface area (Å²) >= 11 is 0. The van der Waals surface area contributed by atoms with Crippen molar-refractivity contribution < 1.29 is 9.90 Å². The van der Waals surface area contributed by atoms with Gasteiger partial charge >= 0.3 is 5.97 Å². The number of carboxylic acid groups (broad SMARTS) is 1. The van der Waals surface area contributed by atoms with E-state index < -0.39 is 12.0 Å². The summed E-state index contributed by atoms with van der Waals surface area (Å²) in [5, 5.41) is 8.99. The van der Waals surface area contributed by atoms with Crippen molar-refractivity contribution in [3.8, 4) is 0 Å².